The van der Waals surface area contributed by atoms with Crippen LogP contribution in [-0.4, -0.2) is 25.4 Å². The van der Waals surface area contributed by atoms with Gasteiger partial charge in [0.15, 0.2) is 0 Å². The molecule has 114 valence electrons. The number of allylic oxidation sites excluding steroid dienone is 1. The third kappa shape index (κ3) is 17.7. The van der Waals surface area contributed by atoms with Gasteiger partial charge in [0.1, 0.15) is 0 Å². The topological polar surface area (TPSA) is 29.5 Å². The highest BCUT2D eigenvalue weighted by Crippen LogP contribution is 2.11. The van der Waals surface area contributed by atoms with Gasteiger partial charge >= 0.3 is 0 Å². The Morgan fingerprint density at radius 3 is 1.63 bits per heavy atom. The Labute approximate surface area is 120 Å². The summed E-state index contributed by atoms with van der Waals surface area (Å²) >= 11 is 0. The average molecular weight is 270 g/mol. The largest absolute Gasteiger partial charge is 0.396 e. The number of unbranched alkanes of at least 4 members (excludes halogenated alkanes) is 11. The molecule has 2 nitrogen and oxygen atoms in total. The molecule has 0 aliphatic rings. The van der Waals surface area contributed by atoms with Crippen LogP contribution in [0.3, 0.4) is 0 Å². The lowest BCUT2D eigenvalue weighted by molar-refractivity contribution is 0.233. The summed E-state index contributed by atoms with van der Waals surface area (Å²) in [5.74, 6) is 0. The lowest BCUT2D eigenvalue weighted by Gasteiger charge is -2.02. The Morgan fingerprint density at radius 1 is 0.684 bits per heavy atom. The zero-order valence-electron chi connectivity index (χ0n) is 12.9. The second-order valence-electron chi connectivity index (χ2n) is 5.33. The molecule has 0 fully saturated rings. The van der Waals surface area contributed by atoms with Crippen molar-refractivity contribution in [3.8, 4) is 0 Å². The smallest absolute Gasteiger partial charge is 0.0643 e. The summed E-state index contributed by atoms with van der Waals surface area (Å²) in [5, 5.41) is 8.66. The zero-order valence-corrected chi connectivity index (χ0v) is 12.9. The van der Waals surface area contributed by atoms with Gasteiger partial charge in [0.05, 0.1) is 6.61 Å². The molecule has 1 N–H and O–H groups in total. The fourth-order valence-corrected chi connectivity index (χ4v) is 2.25. The molecule has 0 radical (unpaired) electrons. The van der Waals surface area contributed by atoms with Gasteiger partial charge < -0.3 is 9.84 Å². The van der Waals surface area contributed by atoms with Crippen molar-refractivity contribution >= 4 is 0 Å². The van der Waals surface area contributed by atoms with Gasteiger partial charge in [-0.3, -0.25) is 0 Å². The number of methoxy groups -OCH3 is 1. The number of ether oxygens (including phenoxy) is 1. The maximum absolute atomic E-state index is 8.66. The Bertz CT molecular complexity index is 178. The van der Waals surface area contributed by atoms with Gasteiger partial charge in [0, 0.05) is 13.7 Å². The molecule has 0 saturated carbocycles. The van der Waals surface area contributed by atoms with Crippen LogP contribution in [-0.2, 0) is 4.74 Å². The first-order valence-electron chi connectivity index (χ1n) is 8.16. The molecule has 0 aromatic carbocycles. The van der Waals surface area contributed by atoms with E-state index in [0.717, 1.165) is 13.0 Å². The molecule has 19 heavy (non-hydrogen) atoms. The van der Waals surface area contributed by atoms with Crippen LogP contribution in [0.15, 0.2) is 12.2 Å². The Balaban J connectivity index is 2.95. The maximum Gasteiger partial charge on any atom is 0.0643 e. The van der Waals surface area contributed by atoms with E-state index in [0.29, 0.717) is 6.61 Å². The fraction of sp³-hybridized carbons (Fsp3) is 0.882. The van der Waals surface area contributed by atoms with Crippen LogP contribution >= 0.6 is 0 Å². The minimum Gasteiger partial charge on any atom is -0.396 e. The highest BCUT2D eigenvalue weighted by molar-refractivity contribution is 4.80. The molecule has 0 saturated heterocycles. The number of hydrogen-bond donors (Lipinski definition) is 1. The van der Waals surface area contributed by atoms with Crippen molar-refractivity contribution in [2.24, 2.45) is 0 Å². The molecule has 0 aliphatic carbocycles. The molecule has 0 amide bonds. The van der Waals surface area contributed by atoms with Crippen molar-refractivity contribution in [3.05, 3.63) is 12.2 Å². The van der Waals surface area contributed by atoms with Crippen molar-refractivity contribution in [2.75, 3.05) is 20.3 Å². The molecule has 0 bridgehead atoms. The minimum absolute atomic E-state index is 0.362. The maximum atomic E-state index is 8.66. The third-order valence-corrected chi connectivity index (χ3v) is 3.46. The molecule has 0 aliphatic heterocycles. The summed E-state index contributed by atoms with van der Waals surface area (Å²) in [6.07, 6.45) is 20.0. The zero-order chi connectivity index (χ0) is 14.0. The van der Waals surface area contributed by atoms with Crippen molar-refractivity contribution in [3.63, 3.8) is 0 Å². The molecule has 0 aromatic rings. The van der Waals surface area contributed by atoms with E-state index < -0.39 is 0 Å². The summed E-state index contributed by atoms with van der Waals surface area (Å²) in [5.41, 5.74) is 0. The SMILES string of the molecule is COC/C=C\CCCCCCCCCCCCCO. The molecule has 0 spiro atoms. The predicted octanol–water partition coefficient (Wildman–Crippen LogP) is 4.86. The predicted molar refractivity (Wildman–Crippen MR) is 83.5 cm³/mol. The van der Waals surface area contributed by atoms with Crippen molar-refractivity contribution in [2.45, 2.75) is 77.0 Å². The Morgan fingerprint density at radius 2 is 1.16 bits per heavy atom. The van der Waals surface area contributed by atoms with Crippen LogP contribution in [0.2, 0.25) is 0 Å². The third-order valence-electron chi connectivity index (χ3n) is 3.46. The van der Waals surface area contributed by atoms with E-state index >= 15 is 0 Å². The van der Waals surface area contributed by atoms with E-state index in [1.54, 1.807) is 7.11 Å². The standard InChI is InChI=1S/C17H34O2/c1-19-17-15-13-11-9-7-5-3-2-4-6-8-10-12-14-16-18/h13,15,18H,2-12,14,16-17H2,1H3/b15-13-. The number of hydrogen-bond acceptors (Lipinski definition) is 2. The van der Waals surface area contributed by atoms with Gasteiger partial charge in [-0.25, -0.2) is 0 Å². The van der Waals surface area contributed by atoms with E-state index in [2.05, 4.69) is 12.2 Å². The molecule has 0 heterocycles. The first kappa shape index (κ1) is 18.7. The lowest BCUT2D eigenvalue weighted by atomic mass is 10.1. The van der Waals surface area contributed by atoms with E-state index in [-0.39, 0.29) is 0 Å². The van der Waals surface area contributed by atoms with Gasteiger partial charge in [-0.1, -0.05) is 69.9 Å². The van der Waals surface area contributed by atoms with Crippen molar-refractivity contribution < 1.29 is 9.84 Å². The van der Waals surface area contributed by atoms with Gasteiger partial charge in [0.2, 0.25) is 0 Å². The number of aliphatic hydroxyl groups excluding tert-OH is 1. The van der Waals surface area contributed by atoms with Crippen LogP contribution in [0.4, 0.5) is 0 Å². The first-order chi connectivity index (χ1) is 9.41. The van der Waals surface area contributed by atoms with Crippen LogP contribution in [0.25, 0.3) is 0 Å². The number of rotatable bonds is 15. The molecule has 0 rings (SSSR count). The van der Waals surface area contributed by atoms with Gasteiger partial charge in [0.25, 0.3) is 0 Å². The monoisotopic (exact) mass is 270 g/mol. The van der Waals surface area contributed by atoms with Gasteiger partial charge in [-0.15, -0.1) is 0 Å². The van der Waals surface area contributed by atoms with Crippen molar-refractivity contribution in [1.82, 2.24) is 0 Å². The van der Waals surface area contributed by atoms with Crippen LogP contribution in [0.1, 0.15) is 77.0 Å². The summed E-state index contributed by atoms with van der Waals surface area (Å²) in [4.78, 5) is 0. The summed E-state index contributed by atoms with van der Waals surface area (Å²) in [6.45, 7) is 1.11. The summed E-state index contributed by atoms with van der Waals surface area (Å²) < 4.78 is 4.96. The molecule has 0 atom stereocenters. The van der Waals surface area contributed by atoms with Crippen LogP contribution in [0, 0.1) is 0 Å². The van der Waals surface area contributed by atoms with E-state index in [1.165, 1.54) is 70.6 Å². The van der Waals surface area contributed by atoms with E-state index in [9.17, 15) is 0 Å². The highest BCUT2D eigenvalue weighted by Gasteiger charge is 1.92. The van der Waals surface area contributed by atoms with Crippen LogP contribution < -0.4 is 0 Å². The van der Waals surface area contributed by atoms with E-state index in [4.69, 9.17) is 9.84 Å². The Hall–Kier alpha value is -0.340. The van der Waals surface area contributed by atoms with Gasteiger partial charge in [-0.2, -0.15) is 0 Å². The summed E-state index contributed by atoms with van der Waals surface area (Å²) in [7, 11) is 1.73. The quantitative estimate of drug-likeness (QED) is 0.340. The van der Waals surface area contributed by atoms with Crippen molar-refractivity contribution in [1.29, 1.82) is 0 Å². The van der Waals surface area contributed by atoms with E-state index in [1.807, 2.05) is 0 Å². The molecular weight excluding hydrogens is 236 g/mol. The Kier molecular flexibility index (Phi) is 17.3. The molecule has 0 aromatic heterocycles. The first-order valence-corrected chi connectivity index (χ1v) is 8.16. The number of aliphatic hydroxyl groups is 1. The van der Waals surface area contributed by atoms with Gasteiger partial charge in [-0.05, 0) is 19.3 Å². The minimum atomic E-state index is 0.362. The normalized spacial score (nSPS) is 11.5. The fourth-order valence-electron chi connectivity index (χ4n) is 2.25. The summed E-state index contributed by atoms with van der Waals surface area (Å²) in [6, 6.07) is 0. The van der Waals surface area contributed by atoms with Crippen LogP contribution in [0.5, 0.6) is 0 Å². The lowest BCUT2D eigenvalue weighted by Crippen LogP contribution is -1.84. The molecule has 0 unspecified atom stereocenters. The highest BCUT2D eigenvalue weighted by atomic mass is 16.5. The second kappa shape index (κ2) is 17.7. The average Bonchev–Trinajstić information content (AvgIpc) is 2.43. The molecule has 2 heteroatoms. The molecular formula is C17H34O2. The second-order valence-corrected chi connectivity index (χ2v) is 5.33.